The number of rotatable bonds is 18. The minimum atomic E-state index is -1.16. The Bertz CT molecular complexity index is 814. The largest absolute Gasteiger partial charge is 0.480 e. The average Bonchev–Trinajstić information content (AvgIpc) is 2.90. The summed E-state index contributed by atoms with van der Waals surface area (Å²) in [7, 11) is 1.83. The molecule has 1 rings (SSSR count). The van der Waals surface area contributed by atoms with E-state index in [0.29, 0.717) is 38.9 Å². The van der Waals surface area contributed by atoms with E-state index >= 15 is 0 Å². The van der Waals surface area contributed by atoms with Crippen molar-refractivity contribution in [3.8, 4) is 0 Å². The van der Waals surface area contributed by atoms with Gasteiger partial charge in [0.1, 0.15) is 18.6 Å². The number of hydrogen-bond acceptors (Lipinski definition) is 11. The van der Waals surface area contributed by atoms with E-state index in [1.807, 2.05) is 11.9 Å². The molecule has 1 amide bonds. The molecule has 234 valence electrons. The first-order chi connectivity index (χ1) is 19.6. The van der Waals surface area contributed by atoms with E-state index in [2.05, 4.69) is 10.6 Å². The lowest BCUT2D eigenvalue weighted by Crippen LogP contribution is -2.51. The second kappa shape index (κ2) is 20.8. The summed E-state index contributed by atoms with van der Waals surface area (Å²) in [6.45, 7) is 2.54. The Hall–Kier alpha value is -2.98. The van der Waals surface area contributed by atoms with Crippen molar-refractivity contribution >= 4 is 36.4 Å². The molecule has 0 aliphatic carbocycles. The zero-order chi connectivity index (χ0) is 30.6. The standard InChI is InChI=1S/C26H46N6O9/c1-27-7-3-2-4-21(20-34)28-23(35)6-5-22(26(40)41)32-14-12-30(18-24(36)37)10-8-29(16-17-33)9-11-31(13-15-32)19-25(38)39/h17,20-22,27H,2-16,18-19H2,1H3,(H,28,35)(H,36,37)(H,38,39)(H,40,41). The van der Waals surface area contributed by atoms with E-state index in [4.69, 9.17) is 0 Å². The highest BCUT2D eigenvalue weighted by Crippen LogP contribution is 2.11. The van der Waals surface area contributed by atoms with Gasteiger partial charge < -0.3 is 35.5 Å². The van der Waals surface area contributed by atoms with Crippen molar-refractivity contribution in [3.63, 3.8) is 0 Å². The van der Waals surface area contributed by atoms with Gasteiger partial charge in [0.05, 0.1) is 25.7 Å². The number of aldehydes is 2. The van der Waals surface area contributed by atoms with Crippen molar-refractivity contribution in [2.75, 3.05) is 85.6 Å². The number of carbonyl (C=O) groups is 6. The van der Waals surface area contributed by atoms with Crippen LogP contribution >= 0.6 is 0 Å². The highest BCUT2D eigenvalue weighted by Gasteiger charge is 2.28. The second-order valence-corrected chi connectivity index (χ2v) is 10.1. The Morgan fingerprint density at radius 3 is 1.78 bits per heavy atom. The second-order valence-electron chi connectivity index (χ2n) is 10.1. The fraction of sp³-hybridized carbons (Fsp3) is 0.769. The average molecular weight is 587 g/mol. The molecule has 0 bridgehead atoms. The third kappa shape index (κ3) is 16.2. The molecule has 1 saturated heterocycles. The van der Waals surface area contributed by atoms with Crippen molar-refractivity contribution in [1.82, 2.24) is 30.2 Å². The molecule has 0 spiro atoms. The van der Waals surface area contributed by atoms with Gasteiger partial charge in [0.25, 0.3) is 0 Å². The Balaban J connectivity index is 2.99. The van der Waals surface area contributed by atoms with Crippen LogP contribution in [-0.2, 0) is 28.8 Å². The molecule has 2 unspecified atom stereocenters. The number of carbonyl (C=O) groups excluding carboxylic acids is 3. The van der Waals surface area contributed by atoms with Crippen LogP contribution in [0.4, 0.5) is 0 Å². The molecule has 0 saturated carbocycles. The third-order valence-corrected chi connectivity index (χ3v) is 7.00. The van der Waals surface area contributed by atoms with Crippen LogP contribution in [0.1, 0.15) is 32.1 Å². The lowest BCUT2D eigenvalue weighted by molar-refractivity contribution is -0.145. The third-order valence-electron chi connectivity index (χ3n) is 7.00. The van der Waals surface area contributed by atoms with Gasteiger partial charge in [-0.15, -0.1) is 0 Å². The summed E-state index contributed by atoms with van der Waals surface area (Å²) in [6.07, 6.45) is 3.30. The van der Waals surface area contributed by atoms with E-state index in [-0.39, 0.29) is 58.7 Å². The quantitative estimate of drug-likeness (QED) is 0.0862. The van der Waals surface area contributed by atoms with E-state index in [1.54, 1.807) is 14.7 Å². The van der Waals surface area contributed by atoms with Crippen molar-refractivity contribution in [3.05, 3.63) is 0 Å². The normalized spacial score (nSPS) is 18.4. The minimum Gasteiger partial charge on any atom is -0.480 e. The van der Waals surface area contributed by atoms with Crippen LogP contribution in [0.2, 0.25) is 0 Å². The van der Waals surface area contributed by atoms with Gasteiger partial charge >= 0.3 is 17.9 Å². The molecule has 0 radical (unpaired) electrons. The number of unbranched alkanes of at least 4 members (excludes halogenated alkanes) is 1. The van der Waals surface area contributed by atoms with Gasteiger partial charge in [-0.05, 0) is 39.3 Å². The molecule has 0 aromatic rings. The highest BCUT2D eigenvalue weighted by molar-refractivity contribution is 5.81. The molecule has 2 atom stereocenters. The first-order valence-electron chi connectivity index (χ1n) is 14.0. The number of aliphatic carboxylic acids is 3. The molecule has 15 heteroatoms. The molecule has 0 aromatic heterocycles. The zero-order valence-electron chi connectivity index (χ0n) is 23.9. The fourth-order valence-corrected chi connectivity index (χ4v) is 4.70. The lowest BCUT2D eigenvalue weighted by Gasteiger charge is -2.35. The van der Waals surface area contributed by atoms with E-state index in [1.165, 1.54) is 0 Å². The first-order valence-corrected chi connectivity index (χ1v) is 14.0. The zero-order valence-corrected chi connectivity index (χ0v) is 23.9. The number of carboxylic acids is 3. The van der Waals surface area contributed by atoms with Crippen LogP contribution in [0.3, 0.4) is 0 Å². The van der Waals surface area contributed by atoms with Crippen LogP contribution in [0.15, 0.2) is 0 Å². The molecule has 1 fully saturated rings. The molecule has 1 aliphatic heterocycles. The maximum atomic E-state index is 12.6. The molecule has 1 heterocycles. The first kappa shape index (κ1) is 36.0. The maximum absolute atomic E-state index is 12.6. The molecular formula is C26H46N6O9. The van der Waals surface area contributed by atoms with Gasteiger partial charge in [-0.2, -0.15) is 0 Å². The van der Waals surface area contributed by atoms with E-state index < -0.39 is 35.9 Å². The van der Waals surface area contributed by atoms with Gasteiger partial charge in [-0.25, -0.2) is 0 Å². The fourth-order valence-electron chi connectivity index (χ4n) is 4.70. The molecule has 0 aromatic carbocycles. The summed E-state index contributed by atoms with van der Waals surface area (Å²) in [5.74, 6) is -3.68. The Kier molecular flexibility index (Phi) is 18.3. The highest BCUT2D eigenvalue weighted by atomic mass is 16.4. The smallest absolute Gasteiger partial charge is 0.320 e. The summed E-state index contributed by atoms with van der Waals surface area (Å²) < 4.78 is 0. The molecule has 15 nitrogen and oxygen atoms in total. The van der Waals surface area contributed by atoms with Crippen LogP contribution in [-0.4, -0.2) is 169 Å². The SMILES string of the molecule is CNCCCCC(C=O)NC(=O)CCC(C(=O)O)N1CCN(CC(=O)O)CCN(CC=O)CCN(CC(=O)O)CC1. The number of hydrogen-bond donors (Lipinski definition) is 5. The monoisotopic (exact) mass is 586 g/mol. The maximum Gasteiger partial charge on any atom is 0.320 e. The predicted molar refractivity (Wildman–Crippen MR) is 149 cm³/mol. The number of amides is 1. The molecule has 1 aliphatic rings. The van der Waals surface area contributed by atoms with Crippen molar-refractivity contribution in [2.45, 2.75) is 44.2 Å². The number of nitrogens with zero attached hydrogens (tertiary/aromatic N) is 4. The van der Waals surface area contributed by atoms with E-state index in [0.717, 1.165) is 25.7 Å². The summed E-state index contributed by atoms with van der Waals surface area (Å²) in [5.41, 5.74) is 0. The number of carboxylic acid groups (broad SMARTS) is 3. The lowest BCUT2D eigenvalue weighted by atomic mass is 10.1. The Morgan fingerprint density at radius 2 is 1.32 bits per heavy atom. The molecular weight excluding hydrogens is 540 g/mol. The van der Waals surface area contributed by atoms with Crippen LogP contribution in [0.5, 0.6) is 0 Å². The Labute approximate surface area is 240 Å². The van der Waals surface area contributed by atoms with Gasteiger partial charge in [-0.1, -0.05) is 0 Å². The Morgan fingerprint density at radius 1 is 0.780 bits per heavy atom. The minimum absolute atomic E-state index is 0.0442. The summed E-state index contributed by atoms with van der Waals surface area (Å²) >= 11 is 0. The van der Waals surface area contributed by atoms with Crippen molar-refractivity contribution in [1.29, 1.82) is 0 Å². The number of nitrogens with one attached hydrogen (secondary N) is 2. The summed E-state index contributed by atoms with van der Waals surface area (Å²) in [4.78, 5) is 77.1. The van der Waals surface area contributed by atoms with Gasteiger partial charge in [0.15, 0.2) is 0 Å². The van der Waals surface area contributed by atoms with E-state index in [9.17, 15) is 44.1 Å². The molecule has 5 N–H and O–H groups in total. The van der Waals surface area contributed by atoms with Crippen molar-refractivity contribution in [2.24, 2.45) is 0 Å². The van der Waals surface area contributed by atoms with Gasteiger partial charge in [0.2, 0.25) is 5.91 Å². The van der Waals surface area contributed by atoms with Crippen LogP contribution < -0.4 is 10.6 Å². The van der Waals surface area contributed by atoms with Gasteiger partial charge in [0, 0.05) is 58.8 Å². The van der Waals surface area contributed by atoms with Gasteiger partial charge in [-0.3, -0.25) is 38.8 Å². The van der Waals surface area contributed by atoms with Crippen LogP contribution in [0, 0.1) is 0 Å². The predicted octanol–water partition coefficient (Wildman–Crippen LogP) is -2.12. The van der Waals surface area contributed by atoms with Crippen molar-refractivity contribution < 1.29 is 44.1 Å². The summed E-state index contributed by atoms with van der Waals surface area (Å²) in [6, 6.07) is -1.74. The summed E-state index contributed by atoms with van der Waals surface area (Å²) in [5, 5.41) is 34.5. The topological polar surface area (TPSA) is 200 Å². The molecule has 41 heavy (non-hydrogen) atoms. The van der Waals surface area contributed by atoms with Crippen LogP contribution in [0.25, 0.3) is 0 Å².